The Bertz CT molecular complexity index is 138. The van der Waals surface area contributed by atoms with E-state index in [1.165, 1.54) is 0 Å². The number of para-hydroxylation sites is 1. The first-order chi connectivity index (χ1) is 3.39. The Balaban J connectivity index is 0.000000490. The molecule has 0 saturated heterocycles. The van der Waals surface area contributed by atoms with Crippen LogP contribution in [0.5, 0.6) is 0 Å². The van der Waals surface area contributed by atoms with Crippen LogP contribution in [-0.4, -0.2) is 0 Å². The summed E-state index contributed by atoms with van der Waals surface area (Å²) in [5, 5.41) is 0. The monoisotopic (exact) mass is 156 g/mol. The Morgan fingerprint density at radius 1 is 1.38 bits per heavy atom. The molecule has 0 aliphatic rings. The molecule has 0 heterocycles. The second-order valence-corrected chi connectivity index (χ2v) is 1.32. The number of nitrogen functional groups attached to an aromatic ring is 1. The van der Waals surface area contributed by atoms with Crippen LogP contribution in [0.2, 0.25) is 0 Å². The van der Waals surface area contributed by atoms with Gasteiger partial charge in [0.2, 0.25) is 0 Å². The number of anilines is 1. The van der Waals surface area contributed by atoms with Crippen LogP contribution in [0.1, 0.15) is 0 Å². The second-order valence-electron chi connectivity index (χ2n) is 1.32. The van der Waals surface area contributed by atoms with Gasteiger partial charge in [0.25, 0.3) is 0 Å². The van der Waals surface area contributed by atoms with E-state index in [0.717, 1.165) is 0 Å². The van der Waals surface area contributed by atoms with Gasteiger partial charge in [-0.15, -0.1) is 6.07 Å². The van der Waals surface area contributed by atoms with Gasteiger partial charge in [-0.05, 0) is 0 Å². The third-order valence-electron chi connectivity index (χ3n) is 0.733. The fourth-order valence-corrected chi connectivity index (χ4v) is 0.407. The van der Waals surface area contributed by atoms with E-state index in [4.69, 9.17) is 5.73 Å². The van der Waals surface area contributed by atoms with E-state index in [-0.39, 0.29) is 19.5 Å². The number of nitrogens with two attached hydrogens (primary N) is 1. The summed E-state index contributed by atoms with van der Waals surface area (Å²) in [6.07, 6.45) is 0. The molecule has 0 aromatic heterocycles. The molecule has 0 bridgehead atoms. The van der Waals surface area contributed by atoms with E-state index >= 15 is 0 Å². The van der Waals surface area contributed by atoms with Crippen molar-refractivity contribution in [3.63, 3.8) is 0 Å². The summed E-state index contributed by atoms with van der Waals surface area (Å²) in [5.74, 6) is 0. The average Bonchev–Trinajstić information content (AvgIpc) is 1.69. The van der Waals surface area contributed by atoms with E-state index in [1.54, 1.807) is 12.1 Å². The van der Waals surface area contributed by atoms with Crippen LogP contribution < -0.4 is 5.73 Å². The van der Waals surface area contributed by atoms with E-state index in [9.17, 15) is 0 Å². The topological polar surface area (TPSA) is 26.0 Å². The van der Waals surface area contributed by atoms with Crippen molar-refractivity contribution in [3.05, 3.63) is 30.3 Å². The molecule has 1 aromatic carbocycles. The van der Waals surface area contributed by atoms with Crippen LogP contribution in [0, 0.1) is 6.07 Å². The zero-order chi connectivity index (χ0) is 5.11. The number of rotatable bonds is 0. The molecule has 0 aliphatic carbocycles. The summed E-state index contributed by atoms with van der Waals surface area (Å²) in [4.78, 5) is 0. The molecule has 8 heavy (non-hydrogen) atoms. The number of hydrogen-bond acceptors (Lipinski definition) is 1. The quantitative estimate of drug-likeness (QED) is 0.340. The molecule has 0 amide bonds. The van der Waals surface area contributed by atoms with Gasteiger partial charge in [0, 0.05) is 19.5 Å². The Hall–Kier alpha value is -0.357. The summed E-state index contributed by atoms with van der Waals surface area (Å²) in [5.41, 5.74) is 6.00. The van der Waals surface area contributed by atoms with Gasteiger partial charge in [0.1, 0.15) is 0 Å². The molecule has 0 radical (unpaired) electrons. The molecular weight excluding hydrogens is 151 g/mol. The first-order valence-corrected chi connectivity index (χ1v) is 2.12. The predicted molar refractivity (Wildman–Crippen MR) is 29.7 cm³/mol. The molecule has 1 nitrogen and oxygen atoms in total. The molecule has 2 heteroatoms. The first-order valence-electron chi connectivity index (χ1n) is 2.12. The van der Waals surface area contributed by atoms with Gasteiger partial charge in [0.15, 0.2) is 0 Å². The fourth-order valence-electron chi connectivity index (χ4n) is 0.407. The molecule has 0 aliphatic heterocycles. The predicted octanol–water partition coefficient (Wildman–Crippen LogP) is 1.07. The third kappa shape index (κ3) is 2.08. The molecule has 2 N–H and O–H groups in total. The van der Waals surface area contributed by atoms with E-state index in [2.05, 4.69) is 6.07 Å². The minimum atomic E-state index is 0. The van der Waals surface area contributed by atoms with Crippen molar-refractivity contribution in [1.29, 1.82) is 0 Å². The summed E-state index contributed by atoms with van der Waals surface area (Å²) in [6.45, 7) is 0. The van der Waals surface area contributed by atoms with Gasteiger partial charge in [-0.3, -0.25) is 0 Å². The van der Waals surface area contributed by atoms with Crippen LogP contribution in [0.15, 0.2) is 24.3 Å². The molecule has 0 atom stereocenters. The van der Waals surface area contributed by atoms with Gasteiger partial charge in [-0.25, -0.2) is 0 Å². The maximum Gasteiger partial charge on any atom is 0 e. The fraction of sp³-hybridized carbons (Fsp3) is 0. The minimum absolute atomic E-state index is 0. The van der Waals surface area contributed by atoms with Crippen molar-refractivity contribution in [2.75, 3.05) is 5.73 Å². The van der Waals surface area contributed by atoms with Crippen molar-refractivity contribution in [1.82, 2.24) is 0 Å². The molecule has 0 spiro atoms. The Kier molecular flexibility index (Phi) is 3.46. The Labute approximate surface area is 61.7 Å². The maximum atomic E-state index is 5.30. The van der Waals surface area contributed by atoms with Crippen molar-refractivity contribution in [2.24, 2.45) is 0 Å². The zero-order valence-corrected chi connectivity index (χ0v) is 7.56. The van der Waals surface area contributed by atoms with Gasteiger partial charge in [0.05, 0.1) is 0 Å². The first kappa shape index (κ1) is 7.64. The molecule has 0 saturated carbocycles. The van der Waals surface area contributed by atoms with Gasteiger partial charge < -0.3 is 5.73 Å². The summed E-state index contributed by atoms with van der Waals surface area (Å²) in [6, 6.07) is 10.2. The summed E-state index contributed by atoms with van der Waals surface area (Å²) in [7, 11) is 0. The standard InChI is InChI=1S/C6H6N.Zn/c7-6-4-2-1-3-5-6;/h1-4H,7H2;/q-1;. The van der Waals surface area contributed by atoms with E-state index in [0.29, 0.717) is 5.69 Å². The molecule has 1 rings (SSSR count). The normalized spacial score (nSPS) is 7.50. The van der Waals surface area contributed by atoms with Crippen molar-refractivity contribution in [3.8, 4) is 0 Å². The van der Waals surface area contributed by atoms with Crippen molar-refractivity contribution >= 4 is 5.69 Å². The third-order valence-corrected chi connectivity index (χ3v) is 0.733. The maximum absolute atomic E-state index is 5.30. The molecule has 1 aromatic rings. The molecule has 0 unspecified atom stereocenters. The van der Waals surface area contributed by atoms with Gasteiger partial charge in [-0.1, -0.05) is 5.69 Å². The van der Waals surface area contributed by atoms with Crippen molar-refractivity contribution in [2.45, 2.75) is 0 Å². The molecule has 0 fully saturated rings. The molecule has 38 valence electrons. The summed E-state index contributed by atoms with van der Waals surface area (Å²) >= 11 is 0. The second kappa shape index (κ2) is 3.62. The van der Waals surface area contributed by atoms with Crippen LogP contribution in [0.3, 0.4) is 0 Å². The van der Waals surface area contributed by atoms with Crippen LogP contribution in [-0.2, 0) is 19.5 Å². The van der Waals surface area contributed by atoms with Crippen LogP contribution in [0.25, 0.3) is 0 Å². The van der Waals surface area contributed by atoms with Crippen LogP contribution >= 0.6 is 0 Å². The van der Waals surface area contributed by atoms with Gasteiger partial charge >= 0.3 is 0 Å². The van der Waals surface area contributed by atoms with Crippen molar-refractivity contribution < 1.29 is 19.5 Å². The smallest absolute Gasteiger partial charge is 0 e. The Morgan fingerprint density at radius 2 is 2.12 bits per heavy atom. The van der Waals surface area contributed by atoms with Gasteiger partial charge in [-0.2, -0.15) is 24.3 Å². The number of benzene rings is 1. The molecular formula is C6H6NZn-. The van der Waals surface area contributed by atoms with E-state index < -0.39 is 0 Å². The SMILES string of the molecule is Nc1[c-]cccc1.[Zn]. The van der Waals surface area contributed by atoms with Crippen LogP contribution in [0.4, 0.5) is 5.69 Å². The average molecular weight is 158 g/mol. The largest absolute Gasteiger partial charge is 0.420 e. The minimum Gasteiger partial charge on any atom is -0.420 e. The number of hydrogen-bond donors (Lipinski definition) is 1. The summed E-state index contributed by atoms with van der Waals surface area (Å²) < 4.78 is 0. The Morgan fingerprint density at radius 3 is 2.38 bits per heavy atom. The van der Waals surface area contributed by atoms with E-state index in [1.807, 2.05) is 12.1 Å². The zero-order valence-electron chi connectivity index (χ0n) is 4.59.